The van der Waals surface area contributed by atoms with E-state index in [2.05, 4.69) is 15.4 Å². The lowest BCUT2D eigenvalue weighted by atomic mass is 10.1. The first-order chi connectivity index (χ1) is 10.5. The van der Waals surface area contributed by atoms with Gasteiger partial charge in [0, 0.05) is 37.0 Å². The number of pyridine rings is 1. The normalized spacial score (nSPS) is 20.0. The third-order valence-electron chi connectivity index (χ3n) is 4.21. The van der Waals surface area contributed by atoms with Crippen LogP contribution in [0.1, 0.15) is 34.7 Å². The van der Waals surface area contributed by atoms with E-state index in [1.54, 1.807) is 4.68 Å². The van der Waals surface area contributed by atoms with Crippen molar-refractivity contribution in [2.45, 2.75) is 32.7 Å². The van der Waals surface area contributed by atoms with Gasteiger partial charge in [-0.2, -0.15) is 5.10 Å². The molecule has 2 aromatic heterocycles. The van der Waals surface area contributed by atoms with Gasteiger partial charge in [0.25, 0.3) is 5.56 Å². The largest absolute Gasteiger partial charge is 0.352 e. The van der Waals surface area contributed by atoms with Crippen LogP contribution in [-0.2, 0) is 18.4 Å². The van der Waals surface area contributed by atoms with Crippen molar-refractivity contribution in [2.75, 3.05) is 0 Å². The van der Waals surface area contributed by atoms with Crippen molar-refractivity contribution in [3.8, 4) is 0 Å². The number of hydrogen-bond donors (Lipinski definition) is 2. The molecule has 1 aliphatic rings. The molecule has 0 saturated heterocycles. The van der Waals surface area contributed by atoms with Crippen molar-refractivity contribution >= 4 is 5.91 Å². The Hall–Kier alpha value is -2.37. The molecule has 0 unspecified atom stereocenters. The first kappa shape index (κ1) is 14.6. The molecule has 0 spiro atoms. The zero-order valence-electron chi connectivity index (χ0n) is 13.0. The van der Waals surface area contributed by atoms with Crippen LogP contribution in [0.25, 0.3) is 0 Å². The number of carbonyl (C=O) groups excluding carboxylic acids is 1. The minimum atomic E-state index is -0.127. The first-order valence-corrected chi connectivity index (χ1v) is 7.41. The molecule has 1 fully saturated rings. The fraction of sp³-hybridized carbons (Fsp3) is 0.438. The van der Waals surface area contributed by atoms with Gasteiger partial charge in [0.2, 0.25) is 5.91 Å². The molecule has 1 aliphatic carbocycles. The standard InChI is InChI=1S/C16H20N4O2/c1-9-4-10(2)19-16(22)14(9)7-17-15(21)13-5-12(13)11-6-18-20(3)8-11/h4,6,8,12-13H,5,7H2,1-3H3,(H,17,21)(H,19,22)/t12-,13+/m1/s1. The van der Waals surface area contributed by atoms with E-state index in [4.69, 9.17) is 0 Å². The number of aryl methyl sites for hydroxylation is 3. The van der Waals surface area contributed by atoms with Crippen LogP contribution < -0.4 is 10.9 Å². The van der Waals surface area contributed by atoms with Gasteiger partial charge in [0.05, 0.1) is 6.20 Å². The van der Waals surface area contributed by atoms with Gasteiger partial charge >= 0.3 is 0 Å². The maximum absolute atomic E-state index is 12.2. The van der Waals surface area contributed by atoms with Gasteiger partial charge in [-0.15, -0.1) is 0 Å². The van der Waals surface area contributed by atoms with Crippen molar-refractivity contribution in [2.24, 2.45) is 13.0 Å². The molecule has 2 atom stereocenters. The Morgan fingerprint density at radius 3 is 2.91 bits per heavy atom. The molecule has 3 rings (SSSR count). The summed E-state index contributed by atoms with van der Waals surface area (Å²) in [6.07, 6.45) is 4.61. The number of nitrogens with zero attached hydrogens (tertiary/aromatic N) is 2. The van der Waals surface area contributed by atoms with E-state index >= 15 is 0 Å². The second kappa shape index (κ2) is 5.44. The number of nitrogens with one attached hydrogen (secondary N) is 2. The average molecular weight is 300 g/mol. The molecular formula is C16H20N4O2. The summed E-state index contributed by atoms with van der Waals surface area (Å²) in [5.74, 6) is 0.258. The lowest BCUT2D eigenvalue weighted by molar-refractivity contribution is -0.122. The Kier molecular flexibility index (Phi) is 3.60. The van der Waals surface area contributed by atoms with Crippen molar-refractivity contribution in [1.82, 2.24) is 20.1 Å². The molecule has 0 bridgehead atoms. The Labute approximate surface area is 128 Å². The Morgan fingerprint density at radius 2 is 2.27 bits per heavy atom. The minimum absolute atomic E-state index is 0.00552. The summed E-state index contributed by atoms with van der Waals surface area (Å²) < 4.78 is 1.75. The van der Waals surface area contributed by atoms with Crippen LogP contribution >= 0.6 is 0 Å². The molecule has 2 heterocycles. The van der Waals surface area contributed by atoms with Crippen LogP contribution in [0, 0.1) is 19.8 Å². The molecule has 0 radical (unpaired) electrons. The number of rotatable bonds is 4. The Morgan fingerprint density at radius 1 is 1.50 bits per heavy atom. The third kappa shape index (κ3) is 2.81. The molecule has 0 aromatic carbocycles. The molecule has 0 aliphatic heterocycles. The Bertz CT molecular complexity index is 775. The summed E-state index contributed by atoms with van der Waals surface area (Å²) in [5.41, 5.74) is 3.33. The molecule has 1 amide bonds. The zero-order valence-corrected chi connectivity index (χ0v) is 13.0. The highest BCUT2D eigenvalue weighted by Crippen LogP contribution is 2.47. The fourth-order valence-corrected chi connectivity index (χ4v) is 2.89. The molecule has 6 heteroatoms. The highest BCUT2D eigenvalue weighted by molar-refractivity contribution is 5.82. The number of carbonyl (C=O) groups is 1. The van der Waals surface area contributed by atoms with Gasteiger partial charge < -0.3 is 10.3 Å². The second-order valence-corrected chi connectivity index (χ2v) is 6.06. The maximum atomic E-state index is 12.2. The average Bonchev–Trinajstić information content (AvgIpc) is 3.13. The molecular weight excluding hydrogens is 280 g/mol. The Balaban J connectivity index is 1.61. The highest BCUT2D eigenvalue weighted by atomic mass is 16.2. The predicted octanol–water partition coefficient (Wildman–Crippen LogP) is 1.15. The summed E-state index contributed by atoms with van der Waals surface area (Å²) in [6, 6.07) is 1.92. The van der Waals surface area contributed by atoms with Crippen molar-refractivity contribution in [3.05, 3.63) is 51.2 Å². The van der Waals surface area contributed by atoms with Crippen LogP contribution in [0.5, 0.6) is 0 Å². The number of aromatic nitrogens is 3. The molecule has 22 heavy (non-hydrogen) atoms. The number of hydrogen-bond acceptors (Lipinski definition) is 3. The van der Waals surface area contributed by atoms with Crippen LogP contribution in [0.4, 0.5) is 0 Å². The monoisotopic (exact) mass is 300 g/mol. The van der Waals surface area contributed by atoms with Crippen molar-refractivity contribution in [1.29, 1.82) is 0 Å². The van der Waals surface area contributed by atoms with Gasteiger partial charge in [0.1, 0.15) is 0 Å². The zero-order chi connectivity index (χ0) is 15.9. The summed E-state index contributed by atoms with van der Waals surface area (Å²) >= 11 is 0. The van der Waals surface area contributed by atoms with Gasteiger partial charge in [-0.25, -0.2) is 0 Å². The van der Waals surface area contributed by atoms with Gasteiger partial charge in [-0.1, -0.05) is 0 Å². The molecule has 2 aromatic rings. The number of H-pyrrole nitrogens is 1. The van der Waals surface area contributed by atoms with E-state index in [0.717, 1.165) is 23.2 Å². The third-order valence-corrected chi connectivity index (χ3v) is 4.21. The maximum Gasteiger partial charge on any atom is 0.253 e. The number of amides is 1. The van der Waals surface area contributed by atoms with E-state index in [1.807, 2.05) is 39.4 Å². The quantitative estimate of drug-likeness (QED) is 0.889. The van der Waals surface area contributed by atoms with E-state index < -0.39 is 0 Å². The van der Waals surface area contributed by atoms with E-state index in [1.165, 1.54) is 0 Å². The van der Waals surface area contributed by atoms with Crippen LogP contribution in [0.15, 0.2) is 23.3 Å². The smallest absolute Gasteiger partial charge is 0.253 e. The van der Waals surface area contributed by atoms with Gasteiger partial charge in [0.15, 0.2) is 0 Å². The SMILES string of the molecule is Cc1cc(C)c(CNC(=O)[C@H]2C[C@@H]2c2cnn(C)c2)c(=O)[nH]1. The predicted molar refractivity (Wildman–Crippen MR) is 82.4 cm³/mol. The summed E-state index contributed by atoms with van der Waals surface area (Å²) in [7, 11) is 1.87. The van der Waals surface area contributed by atoms with Crippen molar-refractivity contribution < 1.29 is 4.79 Å². The molecule has 6 nitrogen and oxygen atoms in total. The van der Waals surface area contributed by atoms with Crippen LogP contribution in [0.2, 0.25) is 0 Å². The first-order valence-electron chi connectivity index (χ1n) is 7.41. The molecule has 2 N–H and O–H groups in total. The fourth-order valence-electron chi connectivity index (χ4n) is 2.89. The summed E-state index contributed by atoms with van der Waals surface area (Å²) in [5, 5.41) is 7.02. The lowest BCUT2D eigenvalue weighted by Crippen LogP contribution is -2.29. The summed E-state index contributed by atoms with van der Waals surface area (Å²) in [4.78, 5) is 26.9. The van der Waals surface area contributed by atoms with Gasteiger partial charge in [-0.05, 0) is 43.4 Å². The van der Waals surface area contributed by atoms with E-state index in [-0.39, 0.29) is 29.8 Å². The second-order valence-electron chi connectivity index (χ2n) is 6.06. The molecule has 116 valence electrons. The van der Waals surface area contributed by atoms with E-state index in [0.29, 0.717) is 5.56 Å². The van der Waals surface area contributed by atoms with Gasteiger partial charge in [-0.3, -0.25) is 14.3 Å². The summed E-state index contributed by atoms with van der Waals surface area (Å²) in [6.45, 7) is 4.01. The van der Waals surface area contributed by atoms with Crippen molar-refractivity contribution in [3.63, 3.8) is 0 Å². The van der Waals surface area contributed by atoms with Crippen LogP contribution in [0.3, 0.4) is 0 Å². The minimum Gasteiger partial charge on any atom is -0.352 e. The lowest BCUT2D eigenvalue weighted by Gasteiger charge is -2.08. The van der Waals surface area contributed by atoms with E-state index in [9.17, 15) is 9.59 Å². The topological polar surface area (TPSA) is 79.8 Å². The molecule has 1 saturated carbocycles. The van der Waals surface area contributed by atoms with Crippen LogP contribution in [-0.4, -0.2) is 20.7 Å². The highest BCUT2D eigenvalue weighted by Gasteiger charge is 2.44. The number of aromatic amines is 1.